The van der Waals surface area contributed by atoms with Gasteiger partial charge in [-0.25, -0.2) is 0 Å². The molecule has 0 amide bonds. The van der Waals surface area contributed by atoms with E-state index in [1.807, 2.05) is 0 Å². The largest absolute Gasteiger partial charge is 0.369 e. The summed E-state index contributed by atoms with van der Waals surface area (Å²) < 4.78 is 0. The summed E-state index contributed by atoms with van der Waals surface area (Å²) in [5, 5.41) is 7.11. The highest BCUT2D eigenvalue weighted by molar-refractivity contribution is 14.0. The molecule has 2 saturated heterocycles. The van der Waals surface area contributed by atoms with Crippen LogP contribution in [0.15, 0.2) is 35.3 Å². The first-order chi connectivity index (χ1) is 12.8. The lowest BCUT2D eigenvalue weighted by molar-refractivity contribution is 0.315. The summed E-state index contributed by atoms with van der Waals surface area (Å²) in [7, 11) is 0. The van der Waals surface area contributed by atoms with Gasteiger partial charge in [0.15, 0.2) is 5.96 Å². The number of halogens is 1. The van der Waals surface area contributed by atoms with Gasteiger partial charge in [0.25, 0.3) is 0 Å². The van der Waals surface area contributed by atoms with Crippen LogP contribution in [-0.4, -0.2) is 62.2 Å². The maximum absolute atomic E-state index is 4.92. The number of aliphatic imine (C=N–C) groups is 1. The summed E-state index contributed by atoms with van der Waals surface area (Å²) in [6.45, 7) is 8.70. The number of benzene rings is 1. The van der Waals surface area contributed by atoms with Crippen molar-refractivity contribution in [2.45, 2.75) is 44.7 Å². The third-order valence-corrected chi connectivity index (χ3v) is 5.88. The monoisotopic (exact) mass is 483 g/mol. The minimum absolute atomic E-state index is 0. The molecule has 1 aromatic rings. The summed E-state index contributed by atoms with van der Waals surface area (Å²) in [5.41, 5.74) is 1.32. The van der Waals surface area contributed by atoms with E-state index in [2.05, 4.69) is 57.7 Å². The third-order valence-electron chi connectivity index (χ3n) is 5.88. The molecule has 0 radical (unpaired) electrons. The van der Waals surface area contributed by atoms with Crippen molar-refractivity contribution < 1.29 is 0 Å². The summed E-state index contributed by atoms with van der Waals surface area (Å²) in [6, 6.07) is 12.1. The second-order valence-corrected chi connectivity index (χ2v) is 8.01. The SMILES string of the molecule is CCNC(=NCC1CCN(C2CC2)C1)NC1CCN(c2ccccc2)C1.I. The Hall–Kier alpha value is -1.02. The van der Waals surface area contributed by atoms with E-state index in [4.69, 9.17) is 4.99 Å². The lowest BCUT2D eigenvalue weighted by Gasteiger charge is -2.20. The van der Waals surface area contributed by atoms with E-state index in [9.17, 15) is 0 Å². The number of nitrogens with one attached hydrogen (secondary N) is 2. The Kier molecular flexibility index (Phi) is 7.64. The molecule has 150 valence electrons. The van der Waals surface area contributed by atoms with Crippen LogP contribution in [-0.2, 0) is 0 Å². The van der Waals surface area contributed by atoms with Crippen molar-refractivity contribution in [3.8, 4) is 0 Å². The van der Waals surface area contributed by atoms with Crippen molar-refractivity contribution in [1.29, 1.82) is 0 Å². The van der Waals surface area contributed by atoms with Crippen LogP contribution in [0.2, 0.25) is 0 Å². The van der Waals surface area contributed by atoms with Gasteiger partial charge in [-0.2, -0.15) is 0 Å². The molecule has 2 unspecified atom stereocenters. The Morgan fingerprint density at radius 1 is 1.07 bits per heavy atom. The van der Waals surface area contributed by atoms with Crippen LogP contribution in [0.1, 0.15) is 32.6 Å². The normalized spacial score (nSPS) is 26.1. The van der Waals surface area contributed by atoms with Gasteiger partial charge in [-0.15, -0.1) is 24.0 Å². The van der Waals surface area contributed by atoms with Gasteiger partial charge in [-0.3, -0.25) is 4.99 Å². The highest BCUT2D eigenvalue weighted by Gasteiger charge is 2.34. The molecule has 1 aromatic carbocycles. The second kappa shape index (κ2) is 9.96. The van der Waals surface area contributed by atoms with E-state index in [1.54, 1.807) is 0 Å². The number of guanidine groups is 1. The van der Waals surface area contributed by atoms with E-state index in [0.29, 0.717) is 6.04 Å². The molecule has 0 aromatic heterocycles. The predicted molar refractivity (Wildman–Crippen MR) is 124 cm³/mol. The zero-order valence-electron chi connectivity index (χ0n) is 16.4. The molecule has 2 heterocycles. The summed E-state index contributed by atoms with van der Waals surface area (Å²) in [5.74, 6) is 1.73. The highest BCUT2D eigenvalue weighted by atomic mass is 127. The average Bonchev–Trinajstić information content (AvgIpc) is 3.23. The minimum Gasteiger partial charge on any atom is -0.369 e. The Labute approximate surface area is 181 Å². The molecular weight excluding hydrogens is 449 g/mol. The first kappa shape index (κ1) is 20.7. The number of hydrogen-bond acceptors (Lipinski definition) is 3. The number of para-hydroxylation sites is 1. The van der Waals surface area contributed by atoms with Crippen LogP contribution in [0, 0.1) is 5.92 Å². The van der Waals surface area contributed by atoms with Crippen LogP contribution in [0.5, 0.6) is 0 Å². The fraction of sp³-hybridized carbons (Fsp3) is 0.667. The Balaban J connectivity index is 0.00000210. The van der Waals surface area contributed by atoms with Gasteiger partial charge >= 0.3 is 0 Å². The second-order valence-electron chi connectivity index (χ2n) is 8.01. The van der Waals surface area contributed by atoms with Gasteiger partial charge in [0, 0.05) is 50.5 Å². The molecule has 0 spiro atoms. The topological polar surface area (TPSA) is 42.9 Å². The molecule has 1 aliphatic carbocycles. The highest BCUT2D eigenvalue weighted by Crippen LogP contribution is 2.31. The lowest BCUT2D eigenvalue weighted by Crippen LogP contribution is -2.45. The van der Waals surface area contributed by atoms with Crippen LogP contribution in [0.4, 0.5) is 5.69 Å². The van der Waals surface area contributed by atoms with Gasteiger partial charge in [-0.1, -0.05) is 18.2 Å². The molecule has 0 bridgehead atoms. The summed E-state index contributed by atoms with van der Waals surface area (Å²) >= 11 is 0. The fourth-order valence-corrected chi connectivity index (χ4v) is 4.27. The van der Waals surface area contributed by atoms with Crippen LogP contribution >= 0.6 is 24.0 Å². The average molecular weight is 483 g/mol. The van der Waals surface area contributed by atoms with Crippen LogP contribution in [0.25, 0.3) is 0 Å². The zero-order valence-corrected chi connectivity index (χ0v) is 18.8. The van der Waals surface area contributed by atoms with Gasteiger partial charge in [-0.05, 0) is 57.2 Å². The lowest BCUT2D eigenvalue weighted by atomic mass is 10.1. The Bertz CT molecular complexity index is 604. The number of hydrogen-bond donors (Lipinski definition) is 2. The zero-order chi connectivity index (χ0) is 17.8. The molecule has 2 aliphatic heterocycles. The maximum Gasteiger partial charge on any atom is 0.191 e. The quantitative estimate of drug-likeness (QED) is 0.371. The molecule has 6 heteroatoms. The molecule has 5 nitrogen and oxygen atoms in total. The Morgan fingerprint density at radius 3 is 2.63 bits per heavy atom. The van der Waals surface area contributed by atoms with Crippen molar-refractivity contribution in [3.63, 3.8) is 0 Å². The maximum atomic E-state index is 4.92. The van der Waals surface area contributed by atoms with Crippen molar-refractivity contribution in [2.75, 3.05) is 44.2 Å². The fourth-order valence-electron chi connectivity index (χ4n) is 4.27. The predicted octanol–water partition coefficient (Wildman–Crippen LogP) is 2.92. The number of rotatable bonds is 6. The molecule has 2 N–H and O–H groups in total. The summed E-state index contributed by atoms with van der Waals surface area (Å²) in [4.78, 5) is 10.1. The van der Waals surface area contributed by atoms with Gasteiger partial charge < -0.3 is 20.4 Å². The smallest absolute Gasteiger partial charge is 0.191 e. The summed E-state index contributed by atoms with van der Waals surface area (Å²) in [6.07, 6.45) is 5.31. The molecule has 3 aliphatic rings. The van der Waals surface area contributed by atoms with Crippen molar-refractivity contribution in [1.82, 2.24) is 15.5 Å². The van der Waals surface area contributed by atoms with Crippen molar-refractivity contribution in [2.24, 2.45) is 10.9 Å². The van der Waals surface area contributed by atoms with E-state index in [-0.39, 0.29) is 24.0 Å². The molecule has 2 atom stereocenters. The molecule has 3 fully saturated rings. The van der Waals surface area contributed by atoms with E-state index >= 15 is 0 Å². The molecular formula is C21H34IN5. The van der Waals surface area contributed by atoms with Crippen LogP contribution < -0.4 is 15.5 Å². The third kappa shape index (κ3) is 5.73. The van der Waals surface area contributed by atoms with Gasteiger partial charge in [0.05, 0.1) is 0 Å². The molecule has 4 rings (SSSR count). The Morgan fingerprint density at radius 2 is 1.89 bits per heavy atom. The number of nitrogens with zero attached hydrogens (tertiary/aromatic N) is 3. The van der Waals surface area contributed by atoms with Crippen molar-refractivity contribution in [3.05, 3.63) is 30.3 Å². The first-order valence-electron chi connectivity index (χ1n) is 10.4. The first-order valence-corrected chi connectivity index (χ1v) is 10.4. The molecule has 27 heavy (non-hydrogen) atoms. The van der Waals surface area contributed by atoms with E-state index in [1.165, 1.54) is 38.0 Å². The van der Waals surface area contributed by atoms with Crippen LogP contribution in [0.3, 0.4) is 0 Å². The molecule has 1 saturated carbocycles. The van der Waals surface area contributed by atoms with Crippen molar-refractivity contribution >= 4 is 35.6 Å². The number of likely N-dealkylation sites (tertiary alicyclic amines) is 1. The van der Waals surface area contributed by atoms with Gasteiger partial charge in [0.1, 0.15) is 0 Å². The van der Waals surface area contributed by atoms with E-state index < -0.39 is 0 Å². The van der Waals surface area contributed by atoms with E-state index in [0.717, 1.165) is 50.5 Å². The van der Waals surface area contributed by atoms with Gasteiger partial charge in [0.2, 0.25) is 0 Å². The standard InChI is InChI=1S/C21H33N5.HI/c1-2-22-21(23-14-17-10-12-25(15-17)20-8-9-20)24-18-11-13-26(16-18)19-6-4-3-5-7-19;/h3-7,17-18,20H,2,8-16H2,1H3,(H2,22,23,24);1H. The minimum atomic E-state index is 0. The number of anilines is 1.